The topological polar surface area (TPSA) is 93.9 Å². The van der Waals surface area contributed by atoms with Crippen molar-refractivity contribution >= 4 is 28.2 Å². The highest BCUT2D eigenvalue weighted by Gasteiger charge is 2.30. The first-order chi connectivity index (χ1) is 15.1. The van der Waals surface area contributed by atoms with E-state index in [9.17, 15) is 9.59 Å². The number of rotatable bonds is 5. The summed E-state index contributed by atoms with van der Waals surface area (Å²) in [6.45, 7) is 2.26. The molecule has 164 valence electrons. The normalized spacial score (nSPS) is 20.3. The SMILES string of the molecule is NC(=O)c1c(NC(=O)CN2CCC[C@H]2c2ccc3c(c2)OCCO3)sc2c1CCCC2. The molecular formula is C23H27N3O4S. The Hall–Kier alpha value is -2.58. The fraction of sp³-hybridized carbons (Fsp3) is 0.478. The van der Waals surface area contributed by atoms with E-state index in [4.69, 9.17) is 15.2 Å². The third-order valence-electron chi connectivity index (χ3n) is 6.33. The number of nitrogens with zero attached hydrogens (tertiary/aromatic N) is 1. The second-order valence-corrected chi connectivity index (χ2v) is 9.46. The molecule has 1 aliphatic carbocycles. The van der Waals surface area contributed by atoms with Crippen molar-refractivity contribution in [1.82, 2.24) is 4.90 Å². The van der Waals surface area contributed by atoms with Gasteiger partial charge >= 0.3 is 0 Å². The summed E-state index contributed by atoms with van der Waals surface area (Å²) in [6.07, 6.45) is 6.01. The molecular weight excluding hydrogens is 414 g/mol. The predicted octanol–water partition coefficient (Wildman–Crippen LogP) is 3.27. The van der Waals surface area contributed by atoms with Crippen molar-refractivity contribution in [2.24, 2.45) is 5.73 Å². The van der Waals surface area contributed by atoms with E-state index in [0.29, 0.717) is 23.8 Å². The number of hydrogen-bond acceptors (Lipinski definition) is 6. The number of ether oxygens (including phenoxy) is 2. The summed E-state index contributed by atoms with van der Waals surface area (Å²) in [5, 5.41) is 3.60. The van der Waals surface area contributed by atoms with Crippen LogP contribution in [0.5, 0.6) is 11.5 Å². The third-order valence-corrected chi connectivity index (χ3v) is 7.54. The largest absolute Gasteiger partial charge is 0.486 e. The number of likely N-dealkylation sites (tertiary alicyclic amines) is 1. The molecule has 31 heavy (non-hydrogen) atoms. The molecule has 0 unspecified atom stereocenters. The molecule has 3 N–H and O–H groups in total. The molecule has 2 aliphatic heterocycles. The van der Waals surface area contributed by atoms with Crippen molar-refractivity contribution in [1.29, 1.82) is 0 Å². The zero-order valence-corrected chi connectivity index (χ0v) is 18.3. The number of benzene rings is 1. The van der Waals surface area contributed by atoms with Gasteiger partial charge in [-0.1, -0.05) is 6.07 Å². The Labute approximate surface area is 185 Å². The number of carbonyl (C=O) groups is 2. The summed E-state index contributed by atoms with van der Waals surface area (Å²) in [5.74, 6) is 0.990. The van der Waals surface area contributed by atoms with Crippen LogP contribution in [-0.4, -0.2) is 43.0 Å². The summed E-state index contributed by atoms with van der Waals surface area (Å²) in [7, 11) is 0. The Bertz CT molecular complexity index is 1020. The molecule has 7 nitrogen and oxygen atoms in total. The lowest BCUT2D eigenvalue weighted by Gasteiger charge is -2.26. The molecule has 3 aliphatic rings. The van der Waals surface area contributed by atoms with Gasteiger partial charge in [0.05, 0.1) is 12.1 Å². The monoisotopic (exact) mass is 441 g/mol. The van der Waals surface area contributed by atoms with Gasteiger partial charge in [-0.05, 0) is 68.3 Å². The van der Waals surface area contributed by atoms with Gasteiger partial charge in [0.25, 0.3) is 5.91 Å². The molecule has 2 aromatic rings. The standard InChI is InChI=1S/C23H27N3O4S/c24-22(28)21-15-4-1-2-6-19(15)31-23(21)25-20(27)13-26-9-3-5-16(26)14-7-8-17-18(12-14)30-11-10-29-17/h7-8,12,16H,1-6,9-11,13H2,(H2,24,28)(H,25,27)/t16-/m0/s1. The van der Waals surface area contributed by atoms with Crippen LogP contribution in [0.1, 0.15) is 58.1 Å². The van der Waals surface area contributed by atoms with Gasteiger partial charge in [0.2, 0.25) is 5.91 Å². The lowest BCUT2D eigenvalue weighted by Crippen LogP contribution is -2.33. The van der Waals surface area contributed by atoms with Crippen LogP contribution < -0.4 is 20.5 Å². The van der Waals surface area contributed by atoms with Crippen LogP contribution in [0.3, 0.4) is 0 Å². The van der Waals surface area contributed by atoms with Gasteiger partial charge in [-0.25, -0.2) is 0 Å². The molecule has 1 aromatic carbocycles. The zero-order chi connectivity index (χ0) is 21.4. The number of amides is 2. The summed E-state index contributed by atoms with van der Waals surface area (Å²) < 4.78 is 11.4. The predicted molar refractivity (Wildman–Crippen MR) is 119 cm³/mol. The lowest BCUT2D eigenvalue weighted by atomic mass is 9.95. The zero-order valence-electron chi connectivity index (χ0n) is 17.4. The van der Waals surface area contributed by atoms with E-state index in [1.54, 1.807) is 0 Å². The van der Waals surface area contributed by atoms with E-state index in [2.05, 4.69) is 16.3 Å². The number of anilines is 1. The summed E-state index contributed by atoms with van der Waals surface area (Å²) in [5.41, 5.74) is 8.35. The fourth-order valence-corrected chi connectivity index (χ4v) is 6.24. The highest BCUT2D eigenvalue weighted by atomic mass is 32.1. The molecule has 0 spiro atoms. The van der Waals surface area contributed by atoms with Gasteiger partial charge in [-0.15, -0.1) is 11.3 Å². The molecule has 1 aromatic heterocycles. The number of thiophene rings is 1. The van der Waals surface area contributed by atoms with E-state index in [0.717, 1.165) is 67.7 Å². The van der Waals surface area contributed by atoms with Crippen LogP contribution in [-0.2, 0) is 17.6 Å². The molecule has 1 saturated heterocycles. The van der Waals surface area contributed by atoms with Gasteiger partial charge in [-0.3, -0.25) is 14.5 Å². The van der Waals surface area contributed by atoms with E-state index >= 15 is 0 Å². The molecule has 1 atom stereocenters. The number of primary amides is 1. The Kier molecular flexibility index (Phi) is 5.58. The van der Waals surface area contributed by atoms with Gasteiger partial charge in [0.15, 0.2) is 11.5 Å². The number of hydrogen-bond donors (Lipinski definition) is 2. The minimum absolute atomic E-state index is 0.106. The maximum Gasteiger partial charge on any atom is 0.251 e. The Balaban J connectivity index is 1.30. The molecule has 0 saturated carbocycles. The number of nitrogens with one attached hydrogen (secondary N) is 1. The number of nitrogens with two attached hydrogens (primary N) is 1. The van der Waals surface area contributed by atoms with Crippen molar-refractivity contribution in [3.05, 3.63) is 39.8 Å². The summed E-state index contributed by atoms with van der Waals surface area (Å²) >= 11 is 1.51. The van der Waals surface area contributed by atoms with E-state index in [1.807, 2.05) is 12.1 Å². The van der Waals surface area contributed by atoms with Crippen LogP contribution >= 0.6 is 11.3 Å². The minimum atomic E-state index is -0.454. The van der Waals surface area contributed by atoms with Gasteiger partial charge in [0, 0.05) is 10.9 Å². The highest BCUT2D eigenvalue weighted by Crippen LogP contribution is 2.39. The van der Waals surface area contributed by atoms with Crippen LogP contribution in [0, 0.1) is 0 Å². The first-order valence-corrected chi connectivity index (χ1v) is 11.8. The minimum Gasteiger partial charge on any atom is -0.486 e. The average molecular weight is 442 g/mol. The number of aryl methyl sites for hydroxylation is 1. The first kappa shape index (κ1) is 20.3. The van der Waals surface area contributed by atoms with E-state index < -0.39 is 5.91 Å². The molecule has 1 fully saturated rings. The number of fused-ring (bicyclic) bond motifs is 2. The third kappa shape index (κ3) is 4.02. The average Bonchev–Trinajstić information content (AvgIpc) is 3.37. The Morgan fingerprint density at radius 3 is 2.77 bits per heavy atom. The van der Waals surface area contributed by atoms with Crippen molar-refractivity contribution < 1.29 is 19.1 Å². The smallest absolute Gasteiger partial charge is 0.251 e. The Morgan fingerprint density at radius 1 is 1.13 bits per heavy atom. The van der Waals surface area contributed by atoms with Crippen LogP contribution in [0.25, 0.3) is 0 Å². The van der Waals surface area contributed by atoms with Gasteiger partial charge in [-0.2, -0.15) is 0 Å². The van der Waals surface area contributed by atoms with E-state index in [1.165, 1.54) is 16.2 Å². The Morgan fingerprint density at radius 2 is 1.94 bits per heavy atom. The quantitative estimate of drug-likeness (QED) is 0.743. The second-order valence-electron chi connectivity index (χ2n) is 8.36. The maximum absolute atomic E-state index is 12.9. The molecule has 2 amide bonds. The van der Waals surface area contributed by atoms with Crippen LogP contribution in [0.2, 0.25) is 0 Å². The van der Waals surface area contributed by atoms with Crippen LogP contribution in [0.15, 0.2) is 18.2 Å². The summed E-state index contributed by atoms with van der Waals surface area (Å²) in [4.78, 5) is 28.4. The van der Waals surface area contributed by atoms with Crippen molar-refractivity contribution in [2.45, 2.75) is 44.6 Å². The lowest BCUT2D eigenvalue weighted by molar-refractivity contribution is -0.117. The molecule has 0 radical (unpaired) electrons. The molecule has 0 bridgehead atoms. The van der Waals surface area contributed by atoms with Crippen molar-refractivity contribution in [3.8, 4) is 11.5 Å². The van der Waals surface area contributed by atoms with Crippen molar-refractivity contribution in [3.63, 3.8) is 0 Å². The second kappa shape index (κ2) is 8.51. The molecule has 8 heteroatoms. The highest BCUT2D eigenvalue weighted by molar-refractivity contribution is 7.17. The molecule has 3 heterocycles. The van der Waals surface area contributed by atoms with Crippen molar-refractivity contribution in [2.75, 3.05) is 31.6 Å². The summed E-state index contributed by atoms with van der Waals surface area (Å²) in [6, 6.07) is 6.21. The molecule has 5 rings (SSSR count). The van der Waals surface area contributed by atoms with E-state index in [-0.39, 0.29) is 18.5 Å². The fourth-order valence-electron chi connectivity index (χ4n) is 4.93. The first-order valence-electron chi connectivity index (χ1n) is 11.0. The van der Waals surface area contributed by atoms with Gasteiger partial charge in [0.1, 0.15) is 18.2 Å². The van der Waals surface area contributed by atoms with Gasteiger partial charge < -0.3 is 20.5 Å². The number of carbonyl (C=O) groups excluding carboxylic acids is 2. The maximum atomic E-state index is 12.9. The van der Waals surface area contributed by atoms with Crippen LogP contribution in [0.4, 0.5) is 5.00 Å².